The first-order chi connectivity index (χ1) is 13.0. The van der Waals surface area contributed by atoms with Crippen LogP contribution in [-0.4, -0.2) is 16.0 Å². The van der Waals surface area contributed by atoms with Crippen LogP contribution in [0, 0.1) is 31.1 Å². The monoisotopic (exact) mass is 377 g/mol. The highest BCUT2D eigenvalue weighted by atomic mass is 32.1. The number of amides is 1. The van der Waals surface area contributed by atoms with E-state index in [1.165, 1.54) is 11.3 Å². The summed E-state index contributed by atoms with van der Waals surface area (Å²) in [6, 6.07) is 15.4. The van der Waals surface area contributed by atoms with Gasteiger partial charge in [-0.15, -0.1) is 11.3 Å². The second-order valence-electron chi connectivity index (χ2n) is 6.36. The van der Waals surface area contributed by atoms with Crippen LogP contribution < -0.4 is 5.32 Å². The van der Waals surface area contributed by atoms with Gasteiger partial charge in [0.25, 0.3) is 0 Å². The summed E-state index contributed by atoms with van der Waals surface area (Å²) in [7, 11) is 0. The second-order valence-corrected chi connectivity index (χ2v) is 7.22. The molecule has 6 heteroatoms. The summed E-state index contributed by atoms with van der Waals surface area (Å²) in [5, 5.41) is 24.4. The van der Waals surface area contributed by atoms with Crippen molar-refractivity contribution >= 4 is 22.4 Å². The molecule has 3 aromatic rings. The Morgan fingerprint density at radius 2 is 1.93 bits per heavy atom. The Morgan fingerprint density at radius 3 is 2.56 bits per heavy atom. The summed E-state index contributed by atoms with van der Waals surface area (Å²) in [5.41, 5.74) is 4.06. The average molecular weight is 377 g/mol. The van der Waals surface area contributed by atoms with E-state index >= 15 is 0 Å². The number of carbonyl (C=O) groups excluding carboxylic acids is 1. The predicted octanol–water partition coefficient (Wildman–Crippen LogP) is 4.45. The Morgan fingerprint density at radius 1 is 1.26 bits per heavy atom. The molecule has 1 amide bonds. The van der Waals surface area contributed by atoms with Crippen molar-refractivity contribution in [3.63, 3.8) is 0 Å². The molecule has 0 bridgehead atoms. The summed E-state index contributed by atoms with van der Waals surface area (Å²) in [6.07, 6.45) is 0.279. The molecule has 1 heterocycles. The van der Waals surface area contributed by atoms with E-state index < -0.39 is 5.92 Å². The minimum Gasteiger partial charge on any atom is -0.507 e. The first-order valence-electron chi connectivity index (χ1n) is 8.48. The average Bonchev–Trinajstić information content (AvgIpc) is 3.13. The van der Waals surface area contributed by atoms with E-state index in [-0.39, 0.29) is 18.1 Å². The molecule has 0 radical (unpaired) electrons. The van der Waals surface area contributed by atoms with E-state index in [4.69, 9.17) is 0 Å². The Kier molecular flexibility index (Phi) is 5.53. The Hall–Kier alpha value is -3.17. The number of phenols is 1. The van der Waals surface area contributed by atoms with Gasteiger partial charge >= 0.3 is 0 Å². The highest BCUT2D eigenvalue weighted by Gasteiger charge is 2.20. The zero-order chi connectivity index (χ0) is 19.4. The summed E-state index contributed by atoms with van der Waals surface area (Å²) in [6.45, 7) is 3.60. The maximum Gasteiger partial charge on any atom is 0.243 e. The van der Waals surface area contributed by atoms with Crippen LogP contribution in [0.15, 0.2) is 47.8 Å². The van der Waals surface area contributed by atoms with Crippen molar-refractivity contribution in [2.24, 2.45) is 5.92 Å². The van der Waals surface area contributed by atoms with Crippen LogP contribution in [0.1, 0.15) is 16.7 Å². The first kappa shape index (κ1) is 18.6. The SMILES string of the molecule is Cc1cc(CC(C#N)C(=O)Nc2nc(-c3ccccc3)cs2)cc(C)c1O. The zero-order valence-electron chi connectivity index (χ0n) is 15.1. The lowest BCUT2D eigenvalue weighted by molar-refractivity contribution is -0.118. The molecule has 1 aromatic heterocycles. The minimum atomic E-state index is -0.836. The van der Waals surface area contributed by atoms with Crippen LogP contribution in [0.2, 0.25) is 0 Å². The number of nitrogens with zero attached hydrogens (tertiary/aromatic N) is 2. The standard InChI is InChI=1S/C21H19N3O2S/c1-13-8-15(9-14(2)19(13)25)10-17(11-22)20(26)24-21-23-18(12-27-21)16-6-4-3-5-7-16/h3-9,12,17,25H,10H2,1-2H3,(H,23,24,26). The van der Waals surface area contributed by atoms with Gasteiger partial charge in [0.1, 0.15) is 11.7 Å². The molecule has 0 aliphatic rings. The van der Waals surface area contributed by atoms with E-state index in [0.717, 1.165) is 27.9 Å². The maximum atomic E-state index is 12.5. The normalized spacial score (nSPS) is 11.6. The molecule has 1 unspecified atom stereocenters. The number of aromatic nitrogens is 1. The maximum absolute atomic E-state index is 12.5. The molecule has 0 saturated carbocycles. The van der Waals surface area contributed by atoms with Gasteiger partial charge in [-0.2, -0.15) is 5.26 Å². The van der Waals surface area contributed by atoms with Gasteiger partial charge in [0.05, 0.1) is 11.8 Å². The number of aromatic hydroxyl groups is 1. The van der Waals surface area contributed by atoms with E-state index in [1.807, 2.05) is 35.7 Å². The van der Waals surface area contributed by atoms with Crippen LogP contribution >= 0.6 is 11.3 Å². The summed E-state index contributed by atoms with van der Waals surface area (Å²) in [5.74, 6) is -0.972. The van der Waals surface area contributed by atoms with Gasteiger partial charge in [-0.1, -0.05) is 42.5 Å². The highest BCUT2D eigenvalue weighted by Crippen LogP contribution is 2.26. The number of benzene rings is 2. The molecule has 0 saturated heterocycles. The summed E-state index contributed by atoms with van der Waals surface area (Å²) < 4.78 is 0. The van der Waals surface area contributed by atoms with E-state index in [0.29, 0.717) is 5.13 Å². The van der Waals surface area contributed by atoms with Crippen molar-refractivity contribution in [3.05, 3.63) is 64.5 Å². The van der Waals surface area contributed by atoms with Gasteiger partial charge in [-0.3, -0.25) is 4.79 Å². The number of aryl methyl sites for hydroxylation is 2. The number of hydrogen-bond donors (Lipinski definition) is 2. The zero-order valence-corrected chi connectivity index (χ0v) is 15.9. The van der Waals surface area contributed by atoms with Crippen LogP contribution in [0.25, 0.3) is 11.3 Å². The van der Waals surface area contributed by atoms with Crippen LogP contribution in [0.3, 0.4) is 0 Å². The molecule has 2 N–H and O–H groups in total. The van der Waals surface area contributed by atoms with Gasteiger partial charge < -0.3 is 10.4 Å². The molecule has 136 valence electrons. The minimum absolute atomic E-state index is 0.243. The Balaban J connectivity index is 1.71. The lowest BCUT2D eigenvalue weighted by Crippen LogP contribution is -2.23. The van der Waals surface area contributed by atoms with Gasteiger partial charge in [-0.05, 0) is 37.0 Å². The number of thiazole rings is 1. The number of rotatable bonds is 5. The third-order valence-electron chi connectivity index (χ3n) is 4.27. The number of carbonyl (C=O) groups is 1. The molecule has 0 spiro atoms. The molecule has 0 aliphatic heterocycles. The van der Waals surface area contributed by atoms with Crippen molar-refractivity contribution in [1.29, 1.82) is 5.26 Å². The Labute approximate surface area is 161 Å². The van der Waals surface area contributed by atoms with Crippen molar-refractivity contribution < 1.29 is 9.90 Å². The molecule has 0 aliphatic carbocycles. The van der Waals surface area contributed by atoms with Crippen molar-refractivity contribution in [3.8, 4) is 23.1 Å². The van der Waals surface area contributed by atoms with Gasteiger partial charge in [0, 0.05) is 10.9 Å². The fraction of sp³-hybridized carbons (Fsp3) is 0.190. The largest absolute Gasteiger partial charge is 0.507 e. The van der Waals surface area contributed by atoms with Gasteiger partial charge in [0.2, 0.25) is 5.91 Å². The number of nitriles is 1. The third kappa shape index (κ3) is 4.33. The van der Waals surface area contributed by atoms with Crippen molar-refractivity contribution in [2.75, 3.05) is 5.32 Å². The van der Waals surface area contributed by atoms with E-state index in [9.17, 15) is 15.2 Å². The molecule has 5 nitrogen and oxygen atoms in total. The third-order valence-corrected chi connectivity index (χ3v) is 5.02. The van der Waals surface area contributed by atoms with Crippen LogP contribution in [-0.2, 0) is 11.2 Å². The van der Waals surface area contributed by atoms with Crippen LogP contribution in [0.4, 0.5) is 5.13 Å². The second kappa shape index (κ2) is 8.02. The van der Waals surface area contributed by atoms with Crippen molar-refractivity contribution in [2.45, 2.75) is 20.3 Å². The molecule has 27 heavy (non-hydrogen) atoms. The smallest absolute Gasteiger partial charge is 0.243 e. The summed E-state index contributed by atoms with van der Waals surface area (Å²) >= 11 is 1.33. The molecular weight excluding hydrogens is 358 g/mol. The topological polar surface area (TPSA) is 86.0 Å². The van der Waals surface area contributed by atoms with E-state index in [1.54, 1.807) is 26.0 Å². The number of nitrogens with one attached hydrogen (secondary N) is 1. The fourth-order valence-corrected chi connectivity index (χ4v) is 3.58. The molecule has 3 rings (SSSR count). The molecule has 0 fully saturated rings. The van der Waals surface area contributed by atoms with Crippen LogP contribution in [0.5, 0.6) is 5.75 Å². The Bertz CT molecular complexity index is 983. The van der Waals surface area contributed by atoms with E-state index in [2.05, 4.69) is 16.4 Å². The molecule has 1 atom stereocenters. The van der Waals surface area contributed by atoms with Crippen molar-refractivity contribution in [1.82, 2.24) is 4.98 Å². The fourth-order valence-electron chi connectivity index (χ4n) is 2.86. The predicted molar refractivity (Wildman–Crippen MR) is 107 cm³/mol. The van der Waals surface area contributed by atoms with Gasteiger partial charge in [-0.25, -0.2) is 4.98 Å². The number of phenolic OH excluding ortho intramolecular Hbond substituents is 1. The summed E-state index contributed by atoms with van der Waals surface area (Å²) in [4.78, 5) is 16.9. The molecule has 2 aromatic carbocycles. The number of hydrogen-bond acceptors (Lipinski definition) is 5. The highest BCUT2D eigenvalue weighted by molar-refractivity contribution is 7.14. The number of anilines is 1. The lowest BCUT2D eigenvalue weighted by Gasteiger charge is -2.11. The quantitative estimate of drug-likeness (QED) is 0.688. The first-order valence-corrected chi connectivity index (χ1v) is 9.36. The van der Waals surface area contributed by atoms with Gasteiger partial charge in [0.15, 0.2) is 5.13 Å². The lowest BCUT2D eigenvalue weighted by atomic mass is 9.96. The molecular formula is C21H19N3O2S.